The van der Waals surface area contributed by atoms with E-state index in [1.54, 1.807) is 171 Å². The van der Waals surface area contributed by atoms with Crippen molar-refractivity contribution in [3.8, 4) is 22.3 Å². The number of aromatic nitrogens is 10. The number of alkyl halides is 4. The average molecular weight is 2340 g/mol. The van der Waals surface area contributed by atoms with Crippen molar-refractivity contribution >= 4 is 252 Å². The lowest BCUT2D eigenvalue weighted by Gasteiger charge is -2.27. The van der Waals surface area contributed by atoms with Crippen LogP contribution in [0.2, 0.25) is 0 Å². The molecule has 0 unspecified atom stereocenters. The van der Waals surface area contributed by atoms with E-state index in [1.807, 2.05) is 6.07 Å². The number of pyridine rings is 4. The van der Waals surface area contributed by atoms with Gasteiger partial charge in [-0.2, -0.15) is 37.8 Å². The fourth-order valence-corrected chi connectivity index (χ4v) is 14.9. The van der Waals surface area contributed by atoms with Crippen LogP contribution in [-0.4, -0.2) is 222 Å². The highest BCUT2D eigenvalue weighted by Gasteiger charge is 2.45. The van der Waals surface area contributed by atoms with Crippen LogP contribution in [-0.2, 0) is 163 Å². The standard InChI is InChI=1S/C26H23BrFN7O4.C16H20BrFN2O4.C16H20BrFN2O3.C16H16N4O3.C11H12BrFN2O2.CH4.S4.S3.S2.H2S/c1-14(36)25-19-8-16(17-10-29-15(2)30-11-17)6-7-20(19)34(32-25)13-24(37)33-12-18(28)9-21(33)26(38)31-23-5-3-4-22(27)35(23)39;1-16(2,3)24-15(22)19-9-10(18)7-12(19)13(21)8-11-5-4-6-14(17)20(11)23;1-16(2,3)23-15(22)20-9-10(18)7-12(20)13(21)8-11-5-4-6-14(17)19-11;1-9(21)16(17)13-5-11(12-6-18-10(2)19-7-12)3-4-14(13)20-8-15(22)23;12-11-3-1-2-8(15(11)17)5-10(16)9-4-7(13)6-14-9;;1-3-4-2;1-3-2;1-2;/h3-8,10-11,18,21,39H,9,12-13H2,1-2H3;4-6,10,12H,7-9H2,1-3H3;4-6,10,12H,7-9H2,1-3H3;3-7,17,20H,8H2,1-2H3,(H,22,23);1-3,7,9,14H,4-6H2;1H4;;;;1H2/t18-,21+;2*10-,12+;;7-,9+;;;;;/m111.1...../s1. The van der Waals surface area contributed by atoms with Crippen LogP contribution in [0.15, 0.2) is 157 Å². The molecule has 738 valence electrons. The minimum absolute atomic E-state index is 0. The monoisotopic (exact) mass is 2340 g/mol. The van der Waals surface area contributed by atoms with Crippen LogP contribution in [0.25, 0.3) is 33.2 Å². The van der Waals surface area contributed by atoms with Gasteiger partial charge in [-0.25, -0.2) is 52.1 Å². The van der Waals surface area contributed by atoms with Crippen molar-refractivity contribution in [3.05, 3.63) is 208 Å². The summed E-state index contributed by atoms with van der Waals surface area (Å²) in [6.07, 6.45) is 0.227. The maximum atomic E-state index is 14.4. The zero-order chi connectivity index (χ0) is 101. The first-order chi connectivity index (χ1) is 63.6. The van der Waals surface area contributed by atoms with Gasteiger partial charge in [-0.3, -0.25) is 58.2 Å². The molecule has 5 N–H and O–H groups in total. The van der Waals surface area contributed by atoms with Crippen LogP contribution >= 0.6 is 77.2 Å². The van der Waals surface area contributed by atoms with E-state index in [4.69, 9.17) is 20.0 Å². The topological polar surface area (TPSA) is 441 Å². The van der Waals surface area contributed by atoms with Crippen molar-refractivity contribution < 1.29 is 94.8 Å². The number of nitrogens with one attached hydrogen (secondary N) is 3. The molecule has 13 rings (SSSR count). The molecule has 0 saturated carbocycles. The molecule has 51 heteroatoms. The molecule has 4 saturated heterocycles. The van der Waals surface area contributed by atoms with Crippen LogP contribution in [0.4, 0.5) is 32.8 Å². The molecule has 0 radical (unpaired) electrons. The highest BCUT2D eigenvalue weighted by Crippen LogP contribution is 2.32. The first-order valence-corrected chi connectivity index (χ1v) is 51.5. The Morgan fingerprint density at radius 3 is 1.54 bits per heavy atom. The smallest absolute Gasteiger partial charge is 0.411 e. The summed E-state index contributed by atoms with van der Waals surface area (Å²) in [6, 6.07) is 26.5. The van der Waals surface area contributed by atoms with Crippen molar-refractivity contribution in [2.24, 2.45) is 4.99 Å². The number of likely N-dealkylation sites (tertiary alicyclic amines) is 3. The molecule has 0 spiro atoms. The molecule has 4 aliphatic heterocycles. The summed E-state index contributed by atoms with van der Waals surface area (Å²) in [4.78, 5) is 150. The Balaban J connectivity index is 0.000000357. The molecule has 4 fully saturated rings. The Morgan fingerprint density at radius 1 is 0.620 bits per heavy atom. The van der Waals surface area contributed by atoms with E-state index in [0.29, 0.717) is 68.6 Å². The summed E-state index contributed by atoms with van der Waals surface area (Å²) in [7, 11) is 3.26. The van der Waals surface area contributed by atoms with Gasteiger partial charge in [-0.05, 0) is 159 Å². The van der Waals surface area contributed by atoms with E-state index in [2.05, 4.69) is 176 Å². The molecule has 4 aliphatic rings. The number of anilines is 1. The number of hydrogen-bond acceptors (Lipinski definition) is 30. The third-order valence-electron chi connectivity index (χ3n) is 19.4. The molecule has 9 aromatic rings. The number of halogens is 8. The van der Waals surface area contributed by atoms with Crippen LogP contribution in [0.1, 0.15) is 133 Å². The normalized spacial score (nSPS) is 17.2. The van der Waals surface area contributed by atoms with Gasteiger partial charge in [0.2, 0.25) is 17.3 Å². The number of carbonyl (C=O) groups excluding carboxylic acids is 9. The van der Waals surface area contributed by atoms with Crippen molar-refractivity contribution in [1.82, 2.24) is 59.4 Å². The van der Waals surface area contributed by atoms with Crippen molar-refractivity contribution in [1.29, 1.82) is 5.41 Å². The number of carbonyl (C=O) groups is 10. The molecular formula is C86H97Br4F4N17O16S10. The number of nitrogens with zero attached hydrogens (tertiary/aromatic N) is 14. The van der Waals surface area contributed by atoms with Crippen LogP contribution in [0.3, 0.4) is 0 Å². The molecule has 8 atom stereocenters. The second-order valence-corrected chi connectivity index (χ2v) is 40.3. The summed E-state index contributed by atoms with van der Waals surface area (Å²) in [6.45, 7) is 15.6. The lowest BCUT2D eigenvalue weighted by molar-refractivity contribution is -0.625. The highest BCUT2D eigenvalue weighted by atomic mass is 79.9. The van der Waals surface area contributed by atoms with Crippen molar-refractivity contribution in [2.75, 3.05) is 38.0 Å². The number of carboxylic acid groups (broad SMARTS) is 1. The molecule has 7 aromatic heterocycles. The summed E-state index contributed by atoms with van der Waals surface area (Å²) < 4.78 is 70.3. The van der Waals surface area contributed by atoms with E-state index in [-0.39, 0.29) is 160 Å². The molecule has 0 bridgehead atoms. The van der Waals surface area contributed by atoms with Gasteiger partial charge in [0.05, 0.1) is 62.5 Å². The van der Waals surface area contributed by atoms with Crippen LogP contribution in [0, 0.1) is 29.7 Å². The van der Waals surface area contributed by atoms with E-state index in [1.165, 1.54) is 53.3 Å². The number of aryl methyl sites for hydroxylation is 2. The number of carboxylic acids is 1. The van der Waals surface area contributed by atoms with Gasteiger partial charge in [0.25, 0.3) is 15.1 Å². The second-order valence-electron chi connectivity index (χ2n) is 31.7. The molecule has 137 heavy (non-hydrogen) atoms. The quantitative estimate of drug-likeness (QED) is 0.00900. The number of fused-ring (bicyclic) bond motifs is 1. The molecule has 33 nitrogen and oxygen atoms in total. The summed E-state index contributed by atoms with van der Waals surface area (Å²) in [5, 5.41) is 60.8. The number of benzene rings is 2. The first-order valence-electron chi connectivity index (χ1n) is 40.3. The predicted octanol–water partition coefficient (Wildman–Crippen LogP) is 12.2. The summed E-state index contributed by atoms with van der Waals surface area (Å²) in [5.41, 5.74) is 4.01. The van der Waals surface area contributed by atoms with Crippen molar-refractivity contribution in [2.45, 2.75) is 188 Å². The zero-order valence-corrected chi connectivity index (χ0v) is 88.8. The van der Waals surface area contributed by atoms with E-state index in [9.17, 15) is 81.1 Å². The molecule has 2 aromatic carbocycles. The lowest BCUT2D eigenvalue weighted by atomic mass is 9.99. The molecular weight excluding hydrogens is 2240 g/mol. The van der Waals surface area contributed by atoms with Gasteiger partial charge in [-0.1, -0.05) is 31.7 Å². The number of Topliss-reactive ketones (excluding diaryl/α,β-unsaturated/α-hetero) is 5. The number of amides is 4. The molecule has 4 amide bonds. The maximum Gasteiger partial charge on any atom is 0.411 e. The van der Waals surface area contributed by atoms with Gasteiger partial charge < -0.3 is 45.7 Å². The minimum Gasteiger partial charge on any atom is -0.618 e. The fourth-order valence-electron chi connectivity index (χ4n) is 13.4. The Labute approximate surface area is 865 Å². The number of ether oxygens (including phenoxy) is 2. The van der Waals surface area contributed by atoms with E-state index in [0.717, 1.165) is 40.9 Å². The number of ketones is 5. The van der Waals surface area contributed by atoms with Gasteiger partial charge in [0, 0.05) is 254 Å². The number of hydrogen-bond donors (Lipinski definition) is 5. The Morgan fingerprint density at radius 2 is 1.08 bits per heavy atom. The molecule has 11 heterocycles. The lowest BCUT2D eigenvalue weighted by Crippen LogP contribution is -2.45. The SMILES string of the molecule is C.CC(=O)C(=N)c1cc(-c2cnc(C)nc2)ccc1NCC(=O)O.CC(=O)c1nn(CC(=O)N2C[C@H](F)C[C@H]2C(=O)N=c2cccc(Br)n2O)c2ccc(-c3cnc(C)nc3)cc12.CC(C)(C)OC(=O)N1C[C@H](F)C[C@H]1C(=O)Cc1cccc(Br)[n+]1[O-].CC(C)(C)OC(=O)N1C[C@H](F)C[C@H]1C(=O)Cc1cccc(Br)n1.O=C(Cc1cccc(Br)[n+]1[O-])[C@@H]1C[C@@H](F)CN1.S.S=S.S=S=S.S=S=S=S. The molecule has 0 aliphatic carbocycles. The van der Waals surface area contributed by atoms with Crippen LogP contribution in [0.5, 0.6) is 0 Å². The van der Waals surface area contributed by atoms with E-state index < -0.39 is 95.8 Å². The van der Waals surface area contributed by atoms with Crippen LogP contribution < -0.4 is 25.6 Å². The summed E-state index contributed by atoms with van der Waals surface area (Å²) in [5.74, 6) is -2.52. The first kappa shape index (κ1) is 120. The largest absolute Gasteiger partial charge is 0.618 e. The Hall–Kier alpha value is -9.23. The second kappa shape index (κ2) is 57.5. The number of rotatable bonds is 20. The summed E-state index contributed by atoms with van der Waals surface area (Å²) >= 11 is 36.8. The highest BCUT2D eigenvalue weighted by molar-refractivity contribution is 9.11. The Kier molecular flexibility index (Phi) is 50.4. The maximum absolute atomic E-state index is 14.4. The van der Waals surface area contributed by atoms with Gasteiger partial charge in [0.15, 0.2) is 34.4 Å². The van der Waals surface area contributed by atoms with Gasteiger partial charge >= 0.3 is 18.2 Å². The fraction of sp³-hybridized carbons (Fsp3) is 0.395. The zero-order valence-electron chi connectivity index (χ0n) is 74.1. The average Bonchev–Trinajstić information content (AvgIpc) is 1.63. The van der Waals surface area contributed by atoms with Gasteiger partial charge in [-0.15, -0.1) is 0 Å². The third kappa shape index (κ3) is 37.4. The van der Waals surface area contributed by atoms with Gasteiger partial charge in [0.1, 0.15) is 87.3 Å². The minimum atomic E-state index is -1.41. The predicted molar refractivity (Wildman–Crippen MR) is 548 cm³/mol. The van der Waals surface area contributed by atoms with E-state index >= 15 is 0 Å². The number of aliphatic carboxylic acids is 1. The third-order valence-corrected chi connectivity index (χ3v) is 23.9. The Bertz CT molecular complexity index is 6020. The van der Waals surface area contributed by atoms with Crippen molar-refractivity contribution in [3.63, 3.8) is 0 Å².